The zero-order valence-electron chi connectivity index (χ0n) is 22.0. The third-order valence-electron chi connectivity index (χ3n) is 7.01. The topological polar surface area (TPSA) is 64.3 Å². The number of urea groups is 1. The Kier molecular flexibility index (Phi) is 6.55. The van der Waals surface area contributed by atoms with E-state index in [0.29, 0.717) is 12.4 Å². The van der Waals surface area contributed by atoms with Crippen molar-refractivity contribution in [1.82, 2.24) is 19.2 Å². The highest BCUT2D eigenvalue weighted by molar-refractivity contribution is 5.90. The minimum Gasteiger partial charge on any atom is -0.494 e. The molecule has 1 aliphatic heterocycles. The Labute approximate surface area is 230 Å². The van der Waals surface area contributed by atoms with Crippen molar-refractivity contribution < 1.29 is 18.3 Å². The normalized spacial score (nSPS) is 14.3. The number of nitrogens with zero attached hydrogens (tertiary/aromatic N) is 4. The fraction of sp³-hybridized carbons (Fsp3) is 0.161. The van der Waals surface area contributed by atoms with Crippen molar-refractivity contribution in [2.45, 2.75) is 26.4 Å². The highest BCUT2D eigenvalue weighted by Gasteiger charge is 2.36. The van der Waals surface area contributed by atoms with E-state index in [-0.39, 0.29) is 12.2 Å². The van der Waals surface area contributed by atoms with Crippen LogP contribution >= 0.6 is 0 Å². The number of carbonyl (C=O) groups excluding carboxylic acids is 1. The van der Waals surface area contributed by atoms with Gasteiger partial charge in [0.05, 0.1) is 42.0 Å². The Morgan fingerprint density at radius 1 is 1.02 bits per heavy atom. The molecular formula is C31H27F2N5O2. The Morgan fingerprint density at radius 2 is 1.85 bits per heavy atom. The molecule has 0 saturated carbocycles. The first-order valence-electron chi connectivity index (χ1n) is 13.0. The number of halogens is 2. The van der Waals surface area contributed by atoms with E-state index in [1.807, 2.05) is 96.0 Å². The van der Waals surface area contributed by atoms with Crippen molar-refractivity contribution in [2.75, 3.05) is 11.9 Å². The first kappa shape index (κ1) is 25.4. The Bertz CT molecular complexity index is 1700. The first-order chi connectivity index (χ1) is 19.4. The molecule has 0 unspecified atom stereocenters. The predicted molar refractivity (Wildman–Crippen MR) is 148 cm³/mol. The van der Waals surface area contributed by atoms with Gasteiger partial charge in [0.15, 0.2) is 0 Å². The van der Waals surface area contributed by atoms with Crippen molar-refractivity contribution in [1.29, 1.82) is 0 Å². The van der Waals surface area contributed by atoms with Gasteiger partial charge in [-0.2, -0.15) is 5.10 Å². The highest BCUT2D eigenvalue weighted by atomic mass is 19.1. The number of anilines is 1. The standard InChI is InChI=1S/C31H27F2N5O2/c1-3-40-24-12-7-9-21(17-24)29-28-13-8-16-36(28)30-25(20(2)35-38(30)23-10-5-4-6-11-23)19-37(29)31(39)34-27-15-14-22(32)18-26(27)33/h4-18,29H,3,19H2,1-2H3,(H,34,39)/t29-/m0/s1. The van der Waals surface area contributed by atoms with Crippen LogP contribution in [0, 0.1) is 18.6 Å². The summed E-state index contributed by atoms with van der Waals surface area (Å²) in [5.74, 6) is -0.0770. The van der Waals surface area contributed by atoms with Crippen molar-refractivity contribution in [3.8, 4) is 17.3 Å². The number of para-hydroxylation sites is 1. The summed E-state index contributed by atoms with van der Waals surface area (Å²) in [7, 11) is 0. The maximum Gasteiger partial charge on any atom is 0.323 e. The van der Waals surface area contributed by atoms with Crippen LogP contribution in [0.5, 0.6) is 5.75 Å². The lowest BCUT2D eigenvalue weighted by Gasteiger charge is -2.31. The van der Waals surface area contributed by atoms with Crippen LogP contribution in [0.3, 0.4) is 0 Å². The third-order valence-corrected chi connectivity index (χ3v) is 7.01. The molecule has 7 nitrogen and oxygen atoms in total. The van der Waals surface area contributed by atoms with E-state index in [0.717, 1.165) is 46.2 Å². The van der Waals surface area contributed by atoms with Crippen LogP contribution < -0.4 is 10.1 Å². The van der Waals surface area contributed by atoms with E-state index in [9.17, 15) is 13.6 Å². The molecule has 2 amide bonds. The Morgan fingerprint density at radius 3 is 2.62 bits per heavy atom. The van der Waals surface area contributed by atoms with Crippen LogP contribution in [0.2, 0.25) is 0 Å². The summed E-state index contributed by atoms with van der Waals surface area (Å²) in [4.78, 5) is 15.6. The number of hydrogen-bond donors (Lipinski definition) is 1. The third kappa shape index (κ3) is 4.49. The van der Waals surface area contributed by atoms with Crippen molar-refractivity contribution >= 4 is 11.7 Å². The molecule has 0 radical (unpaired) electrons. The van der Waals surface area contributed by atoms with E-state index in [1.165, 1.54) is 6.07 Å². The van der Waals surface area contributed by atoms with Crippen LogP contribution in [0.4, 0.5) is 19.3 Å². The van der Waals surface area contributed by atoms with Gasteiger partial charge in [0.25, 0.3) is 0 Å². The molecule has 1 atom stereocenters. The second-order valence-electron chi connectivity index (χ2n) is 9.53. The summed E-state index contributed by atoms with van der Waals surface area (Å²) in [6.07, 6.45) is 1.95. The summed E-state index contributed by atoms with van der Waals surface area (Å²) < 4.78 is 37.9. The smallest absolute Gasteiger partial charge is 0.323 e. The number of hydrogen-bond acceptors (Lipinski definition) is 3. The highest BCUT2D eigenvalue weighted by Crippen LogP contribution is 2.39. The number of benzene rings is 3. The number of amides is 2. The molecule has 202 valence electrons. The summed E-state index contributed by atoms with van der Waals surface area (Å²) in [5.41, 5.74) is 4.02. The van der Waals surface area contributed by atoms with Crippen LogP contribution in [-0.4, -0.2) is 31.9 Å². The number of nitrogens with one attached hydrogen (secondary N) is 1. The zero-order chi connectivity index (χ0) is 27.8. The summed E-state index contributed by atoms with van der Waals surface area (Å²) >= 11 is 0. The molecule has 0 saturated heterocycles. The van der Waals surface area contributed by atoms with Gasteiger partial charge in [-0.1, -0.05) is 30.3 Å². The molecule has 0 fully saturated rings. The maximum atomic E-state index is 14.6. The van der Waals surface area contributed by atoms with Gasteiger partial charge in [-0.3, -0.25) is 0 Å². The second-order valence-corrected chi connectivity index (χ2v) is 9.53. The molecule has 5 aromatic rings. The monoisotopic (exact) mass is 539 g/mol. The summed E-state index contributed by atoms with van der Waals surface area (Å²) in [6, 6.07) is 23.3. The van der Waals surface area contributed by atoms with Gasteiger partial charge in [-0.05, 0) is 67.9 Å². The number of fused-ring (bicyclic) bond motifs is 3. The minimum absolute atomic E-state index is 0.107. The SMILES string of the molecule is CCOc1cccc([C@H]2c3cccn3-c3c(c(C)nn3-c3ccccc3)CN2C(=O)Nc2ccc(F)cc2F)c1. The maximum absolute atomic E-state index is 14.6. The van der Waals surface area contributed by atoms with E-state index >= 15 is 0 Å². The van der Waals surface area contributed by atoms with Crippen LogP contribution in [0.1, 0.15) is 35.5 Å². The lowest BCUT2D eigenvalue weighted by molar-refractivity contribution is 0.194. The van der Waals surface area contributed by atoms with E-state index in [2.05, 4.69) is 5.32 Å². The van der Waals surface area contributed by atoms with Crippen LogP contribution in [0.25, 0.3) is 11.5 Å². The molecule has 9 heteroatoms. The van der Waals surface area contributed by atoms with Gasteiger partial charge in [-0.25, -0.2) is 18.3 Å². The lowest BCUT2D eigenvalue weighted by Crippen LogP contribution is -2.38. The molecule has 0 spiro atoms. The molecular weight excluding hydrogens is 512 g/mol. The van der Waals surface area contributed by atoms with Gasteiger partial charge >= 0.3 is 6.03 Å². The average Bonchev–Trinajstić information content (AvgIpc) is 3.51. The molecule has 0 bridgehead atoms. The average molecular weight is 540 g/mol. The summed E-state index contributed by atoms with van der Waals surface area (Å²) in [6.45, 7) is 4.51. The van der Waals surface area contributed by atoms with E-state index in [4.69, 9.17) is 9.84 Å². The van der Waals surface area contributed by atoms with Crippen molar-refractivity contribution in [3.63, 3.8) is 0 Å². The summed E-state index contributed by atoms with van der Waals surface area (Å²) in [5, 5.41) is 7.50. The lowest BCUT2D eigenvalue weighted by atomic mass is 10.0. The fourth-order valence-electron chi connectivity index (χ4n) is 5.22. The molecule has 0 aliphatic carbocycles. The number of ether oxygens (including phenoxy) is 1. The Hall–Kier alpha value is -4.92. The molecule has 40 heavy (non-hydrogen) atoms. The van der Waals surface area contributed by atoms with Crippen molar-refractivity contribution in [3.05, 3.63) is 125 Å². The predicted octanol–water partition coefficient (Wildman–Crippen LogP) is 6.79. The molecule has 3 heterocycles. The quantitative estimate of drug-likeness (QED) is 0.268. The zero-order valence-corrected chi connectivity index (χ0v) is 22.0. The van der Waals surface area contributed by atoms with Gasteiger partial charge in [0, 0.05) is 17.8 Å². The van der Waals surface area contributed by atoms with Gasteiger partial charge in [0.1, 0.15) is 23.2 Å². The molecule has 3 aromatic carbocycles. The van der Waals surface area contributed by atoms with Crippen molar-refractivity contribution in [2.24, 2.45) is 0 Å². The van der Waals surface area contributed by atoms with Gasteiger partial charge in [0.2, 0.25) is 0 Å². The number of carbonyl (C=O) groups is 1. The number of aryl methyl sites for hydroxylation is 1. The largest absolute Gasteiger partial charge is 0.494 e. The van der Waals surface area contributed by atoms with E-state index < -0.39 is 23.7 Å². The van der Waals surface area contributed by atoms with Crippen LogP contribution in [-0.2, 0) is 6.54 Å². The Balaban J connectivity index is 1.53. The molecule has 1 N–H and O–H groups in total. The van der Waals surface area contributed by atoms with E-state index in [1.54, 1.807) is 4.90 Å². The molecule has 6 rings (SSSR count). The second kappa shape index (κ2) is 10.3. The molecule has 2 aromatic heterocycles. The van der Waals surface area contributed by atoms with Gasteiger partial charge in [-0.15, -0.1) is 0 Å². The van der Waals surface area contributed by atoms with Gasteiger partial charge < -0.3 is 19.5 Å². The minimum atomic E-state index is -0.852. The van der Waals surface area contributed by atoms with Crippen LogP contribution in [0.15, 0.2) is 91.1 Å². The number of rotatable bonds is 5. The molecule has 1 aliphatic rings. The number of aromatic nitrogens is 3. The first-order valence-corrected chi connectivity index (χ1v) is 13.0. The fourth-order valence-corrected chi connectivity index (χ4v) is 5.22.